The van der Waals surface area contributed by atoms with Crippen LogP contribution in [0.15, 0.2) is 24.3 Å². The minimum Gasteiger partial charge on any atom is -0.311 e. The van der Waals surface area contributed by atoms with E-state index in [1.807, 2.05) is 31.2 Å². The molecule has 1 aliphatic heterocycles. The minimum absolute atomic E-state index is 0.159. The lowest BCUT2D eigenvalue weighted by Gasteiger charge is -2.21. The first kappa shape index (κ1) is 15.8. The number of aryl methyl sites for hydroxylation is 1. The van der Waals surface area contributed by atoms with Crippen LogP contribution in [-0.2, 0) is 4.79 Å². The molecule has 1 fully saturated rings. The van der Waals surface area contributed by atoms with Gasteiger partial charge in [-0.3, -0.25) is 4.79 Å². The molecule has 2 atom stereocenters. The van der Waals surface area contributed by atoms with Crippen LogP contribution in [0.3, 0.4) is 0 Å². The third kappa shape index (κ3) is 4.20. The SMILES string of the molecule is Cc1ccc(N2CC[C@H](N[C@H](C)CC(F)(F)F)C2=O)cc1. The van der Waals surface area contributed by atoms with Gasteiger partial charge in [-0.25, -0.2) is 0 Å². The average molecular weight is 300 g/mol. The summed E-state index contributed by atoms with van der Waals surface area (Å²) >= 11 is 0. The number of nitrogens with one attached hydrogen (secondary N) is 1. The van der Waals surface area contributed by atoms with E-state index in [0.717, 1.165) is 11.3 Å². The number of rotatable bonds is 4. The molecule has 0 spiro atoms. The predicted molar refractivity (Wildman–Crippen MR) is 75.2 cm³/mol. The van der Waals surface area contributed by atoms with Gasteiger partial charge < -0.3 is 10.2 Å². The molecule has 1 aromatic rings. The van der Waals surface area contributed by atoms with Crippen molar-refractivity contribution in [1.29, 1.82) is 0 Å². The zero-order valence-corrected chi connectivity index (χ0v) is 12.1. The number of hydrogen-bond donors (Lipinski definition) is 1. The lowest BCUT2D eigenvalue weighted by atomic mass is 10.1. The highest BCUT2D eigenvalue weighted by atomic mass is 19.4. The van der Waals surface area contributed by atoms with Crippen molar-refractivity contribution in [2.45, 2.75) is 44.9 Å². The van der Waals surface area contributed by atoms with Crippen LogP contribution in [0.5, 0.6) is 0 Å². The number of alkyl halides is 3. The molecule has 0 aromatic heterocycles. The van der Waals surface area contributed by atoms with Crippen molar-refractivity contribution < 1.29 is 18.0 Å². The van der Waals surface area contributed by atoms with Gasteiger partial charge in [-0.1, -0.05) is 17.7 Å². The van der Waals surface area contributed by atoms with Gasteiger partial charge in [0.1, 0.15) is 0 Å². The maximum Gasteiger partial charge on any atom is 0.390 e. The van der Waals surface area contributed by atoms with E-state index < -0.39 is 24.7 Å². The van der Waals surface area contributed by atoms with E-state index in [0.29, 0.717) is 13.0 Å². The molecule has 3 nitrogen and oxygen atoms in total. The average Bonchev–Trinajstić information content (AvgIpc) is 2.70. The van der Waals surface area contributed by atoms with Gasteiger partial charge >= 0.3 is 6.18 Å². The molecule has 21 heavy (non-hydrogen) atoms. The van der Waals surface area contributed by atoms with Crippen molar-refractivity contribution in [3.05, 3.63) is 29.8 Å². The molecule has 1 aromatic carbocycles. The number of nitrogens with zero attached hydrogens (tertiary/aromatic N) is 1. The molecule has 1 heterocycles. The second-order valence-electron chi connectivity index (χ2n) is 5.55. The van der Waals surface area contributed by atoms with Gasteiger partial charge in [-0.15, -0.1) is 0 Å². The van der Waals surface area contributed by atoms with E-state index >= 15 is 0 Å². The van der Waals surface area contributed by atoms with Crippen LogP contribution in [-0.4, -0.2) is 30.7 Å². The van der Waals surface area contributed by atoms with Crippen LogP contribution < -0.4 is 10.2 Å². The standard InChI is InChI=1S/C15H19F3N2O/c1-10-3-5-12(6-4-10)20-8-7-13(14(20)21)19-11(2)9-15(16,17)18/h3-6,11,13,19H,7-9H2,1-2H3/t11-,13+/m1/s1. The minimum atomic E-state index is -4.22. The largest absolute Gasteiger partial charge is 0.390 e. The van der Waals surface area contributed by atoms with Crippen molar-refractivity contribution in [3.63, 3.8) is 0 Å². The predicted octanol–water partition coefficient (Wildman–Crippen LogP) is 3.03. The first-order valence-electron chi connectivity index (χ1n) is 6.97. The third-order valence-electron chi connectivity index (χ3n) is 3.57. The van der Waals surface area contributed by atoms with E-state index in [-0.39, 0.29) is 5.91 Å². The summed E-state index contributed by atoms with van der Waals surface area (Å²) in [5.41, 5.74) is 1.89. The molecule has 0 aliphatic carbocycles. The summed E-state index contributed by atoms with van der Waals surface area (Å²) in [6.45, 7) is 3.94. The molecular formula is C15H19F3N2O. The summed E-state index contributed by atoms with van der Waals surface area (Å²) < 4.78 is 37.0. The Bertz CT molecular complexity index is 499. The van der Waals surface area contributed by atoms with Gasteiger partial charge in [0.15, 0.2) is 0 Å². The number of carbonyl (C=O) groups excluding carboxylic acids is 1. The second-order valence-corrected chi connectivity index (χ2v) is 5.55. The fourth-order valence-corrected chi connectivity index (χ4v) is 2.57. The van der Waals surface area contributed by atoms with E-state index in [9.17, 15) is 18.0 Å². The summed E-state index contributed by atoms with van der Waals surface area (Å²) in [6.07, 6.45) is -4.62. The highest BCUT2D eigenvalue weighted by molar-refractivity contribution is 5.99. The van der Waals surface area contributed by atoms with Crippen LogP contribution in [0.1, 0.15) is 25.3 Å². The number of hydrogen-bond acceptors (Lipinski definition) is 2. The number of halogens is 3. The van der Waals surface area contributed by atoms with Crippen LogP contribution in [0.2, 0.25) is 0 Å². The molecule has 1 N–H and O–H groups in total. The molecule has 0 radical (unpaired) electrons. The molecule has 0 unspecified atom stereocenters. The van der Waals surface area contributed by atoms with Gasteiger partial charge in [0, 0.05) is 18.3 Å². The lowest BCUT2D eigenvalue weighted by molar-refractivity contribution is -0.140. The lowest BCUT2D eigenvalue weighted by Crippen LogP contribution is -2.44. The normalized spacial score (nSPS) is 20.9. The molecule has 2 rings (SSSR count). The quantitative estimate of drug-likeness (QED) is 0.927. The number of anilines is 1. The van der Waals surface area contributed by atoms with Gasteiger partial charge in [0.05, 0.1) is 12.5 Å². The Balaban J connectivity index is 1.97. The van der Waals surface area contributed by atoms with Crippen LogP contribution in [0.4, 0.5) is 18.9 Å². The van der Waals surface area contributed by atoms with Crippen molar-refractivity contribution in [2.75, 3.05) is 11.4 Å². The van der Waals surface area contributed by atoms with E-state index in [1.54, 1.807) is 4.90 Å². The number of amides is 1. The first-order chi connectivity index (χ1) is 9.76. The smallest absolute Gasteiger partial charge is 0.311 e. The van der Waals surface area contributed by atoms with Crippen LogP contribution >= 0.6 is 0 Å². The Kier molecular flexibility index (Phi) is 4.56. The van der Waals surface area contributed by atoms with Crippen molar-refractivity contribution in [3.8, 4) is 0 Å². The Hall–Kier alpha value is -1.56. The fourth-order valence-electron chi connectivity index (χ4n) is 2.57. The number of carbonyl (C=O) groups is 1. The molecule has 6 heteroatoms. The van der Waals surface area contributed by atoms with E-state index in [2.05, 4.69) is 5.32 Å². The van der Waals surface area contributed by atoms with Gasteiger partial charge in [-0.05, 0) is 32.4 Å². The summed E-state index contributed by atoms with van der Waals surface area (Å²) in [5.74, 6) is -0.159. The Morgan fingerprint density at radius 2 is 1.95 bits per heavy atom. The Morgan fingerprint density at radius 1 is 1.33 bits per heavy atom. The highest BCUT2D eigenvalue weighted by Gasteiger charge is 2.36. The van der Waals surface area contributed by atoms with Gasteiger partial charge in [0.25, 0.3) is 0 Å². The second kappa shape index (κ2) is 6.05. The molecule has 1 aliphatic rings. The monoisotopic (exact) mass is 300 g/mol. The Morgan fingerprint density at radius 3 is 2.52 bits per heavy atom. The molecule has 1 saturated heterocycles. The van der Waals surface area contributed by atoms with E-state index in [1.165, 1.54) is 6.92 Å². The fraction of sp³-hybridized carbons (Fsp3) is 0.533. The van der Waals surface area contributed by atoms with Crippen LogP contribution in [0, 0.1) is 6.92 Å². The highest BCUT2D eigenvalue weighted by Crippen LogP contribution is 2.24. The maximum atomic E-state index is 12.3. The molecular weight excluding hydrogens is 281 g/mol. The summed E-state index contributed by atoms with van der Waals surface area (Å²) in [6, 6.07) is 6.23. The molecule has 0 bridgehead atoms. The van der Waals surface area contributed by atoms with Crippen molar-refractivity contribution in [1.82, 2.24) is 5.32 Å². The van der Waals surface area contributed by atoms with E-state index in [4.69, 9.17) is 0 Å². The first-order valence-corrected chi connectivity index (χ1v) is 6.97. The summed E-state index contributed by atoms with van der Waals surface area (Å²) in [5, 5.41) is 2.79. The number of benzene rings is 1. The Labute approximate surface area is 122 Å². The zero-order valence-electron chi connectivity index (χ0n) is 12.1. The van der Waals surface area contributed by atoms with Gasteiger partial charge in [-0.2, -0.15) is 13.2 Å². The molecule has 116 valence electrons. The topological polar surface area (TPSA) is 32.3 Å². The van der Waals surface area contributed by atoms with Crippen molar-refractivity contribution in [2.24, 2.45) is 0 Å². The van der Waals surface area contributed by atoms with Crippen molar-refractivity contribution >= 4 is 11.6 Å². The van der Waals surface area contributed by atoms with Crippen LogP contribution in [0.25, 0.3) is 0 Å². The zero-order chi connectivity index (χ0) is 15.6. The summed E-state index contributed by atoms with van der Waals surface area (Å²) in [7, 11) is 0. The molecule has 0 saturated carbocycles. The van der Waals surface area contributed by atoms with Gasteiger partial charge in [0.2, 0.25) is 5.91 Å². The third-order valence-corrected chi connectivity index (χ3v) is 3.57. The molecule has 1 amide bonds. The maximum absolute atomic E-state index is 12.3. The summed E-state index contributed by atoms with van der Waals surface area (Å²) in [4.78, 5) is 13.9.